The van der Waals surface area contributed by atoms with Crippen LogP contribution in [0.2, 0.25) is 0 Å². The number of methoxy groups -OCH3 is 1. The molecule has 0 amide bonds. The summed E-state index contributed by atoms with van der Waals surface area (Å²) in [6.45, 7) is 4.37. The number of carbonyl (C=O) groups is 1. The molecule has 7 nitrogen and oxygen atoms in total. The zero-order valence-electron chi connectivity index (χ0n) is 11.2. The van der Waals surface area contributed by atoms with Crippen molar-refractivity contribution in [2.45, 2.75) is 25.0 Å². The Hall–Kier alpha value is -1.12. The second-order valence-electron chi connectivity index (χ2n) is 3.82. The molecule has 0 aliphatic carbocycles. The quantitative estimate of drug-likeness (QED) is 0.504. The van der Waals surface area contributed by atoms with Crippen molar-refractivity contribution in [3.63, 3.8) is 0 Å². The number of nitrogens with zero attached hydrogens (tertiary/aromatic N) is 3. The van der Waals surface area contributed by atoms with Gasteiger partial charge in [0.1, 0.15) is 5.82 Å². The summed E-state index contributed by atoms with van der Waals surface area (Å²) in [6.07, 6.45) is 0.823. The van der Waals surface area contributed by atoms with Crippen molar-refractivity contribution in [3.05, 3.63) is 5.82 Å². The van der Waals surface area contributed by atoms with Gasteiger partial charge in [-0.1, -0.05) is 11.8 Å². The van der Waals surface area contributed by atoms with E-state index in [1.807, 2.05) is 11.5 Å². The molecule has 0 saturated carbocycles. The Morgan fingerprint density at radius 2 is 2.16 bits per heavy atom. The lowest BCUT2D eigenvalue weighted by molar-refractivity contribution is -0.133. The van der Waals surface area contributed by atoms with Gasteiger partial charge in [-0.15, -0.1) is 10.2 Å². The molecule has 1 aromatic rings. The first-order chi connectivity index (χ1) is 9.15. The topological polar surface area (TPSA) is 86.5 Å². The fraction of sp³-hybridized carbons (Fsp3) is 0.727. The van der Waals surface area contributed by atoms with Gasteiger partial charge in [0.15, 0.2) is 5.16 Å². The Morgan fingerprint density at radius 1 is 1.37 bits per heavy atom. The van der Waals surface area contributed by atoms with E-state index in [9.17, 15) is 4.79 Å². The molecular weight excluding hydrogens is 270 g/mol. The summed E-state index contributed by atoms with van der Waals surface area (Å²) in [7, 11) is 1.63. The lowest BCUT2D eigenvalue weighted by atomic mass is 10.4. The summed E-state index contributed by atoms with van der Waals surface area (Å²) in [4.78, 5) is 10.5. The minimum absolute atomic E-state index is 0.0114. The first-order valence-electron chi connectivity index (χ1n) is 5.96. The number of thioether (sulfide) groups is 1. The Kier molecular flexibility index (Phi) is 7.46. The molecule has 1 N–H and O–H groups in total. The van der Waals surface area contributed by atoms with E-state index >= 15 is 0 Å². The minimum atomic E-state index is -0.861. The van der Waals surface area contributed by atoms with Gasteiger partial charge < -0.3 is 19.1 Å². The summed E-state index contributed by atoms with van der Waals surface area (Å²) in [5, 5.41) is 17.2. The second kappa shape index (κ2) is 8.89. The molecule has 19 heavy (non-hydrogen) atoms. The molecule has 0 aliphatic heterocycles. The van der Waals surface area contributed by atoms with Crippen molar-refractivity contribution in [2.75, 3.05) is 32.7 Å². The van der Waals surface area contributed by atoms with Crippen molar-refractivity contribution in [2.24, 2.45) is 0 Å². The van der Waals surface area contributed by atoms with E-state index in [4.69, 9.17) is 14.6 Å². The first-order valence-corrected chi connectivity index (χ1v) is 6.94. The Balaban J connectivity index is 2.35. The molecular formula is C11H19N3O4S. The third kappa shape index (κ3) is 6.04. The molecule has 0 aliphatic rings. The summed E-state index contributed by atoms with van der Waals surface area (Å²) < 4.78 is 12.2. The van der Waals surface area contributed by atoms with Crippen LogP contribution >= 0.6 is 11.8 Å². The number of aromatic nitrogens is 3. The molecule has 0 atom stereocenters. The smallest absolute Gasteiger partial charge is 0.313 e. The van der Waals surface area contributed by atoms with Gasteiger partial charge in [-0.05, 0) is 13.3 Å². The molecule has 1 rings (SSSR count). The van der Waals surface area contributed by atoms with Gasteiger partial charge in [0.25, 0.3) is 0 Å². The standard InChI is InChI=1S/C11H19N3O4S/c1-9-12-13-11(19-8-10(15)16)14(9)4-3-5-18-7-6-17-2/h3-8H2,1-2H3,(H,15,16). The van der Waals surface area contributed by atoms with Gasteiger partial charge in [-0.2, -0.15) is 0 Å². The van der Waals surface area contributed by atoms with Gasteiger partial charge in [-0.25, -0.2) is 0 Å². The molecule has 108 valence electrons. The molecule has 1 heterocycles. The van der Waals surface area contributed by atoms with Crippen molar-refractivity contribution >= 4 is 17.7 Å². The number of aryl methyl sites for hydroxylation is 1. The number of hydrogen-bond acceptors (Lipinski definition) is 6. The molecule has 0 unspecified atom stereocenters. The van der Waals surface area contributed by atoms with Crippen LogP contribution in [-0.4, -0.2) is 58.5 Å². The van der Waals surface area contributed by atoms with Gasteiger partial charge in [0, 0.05) is 20.3 Å². The zero-order valence-corrected chi connectivity index (χ0v) is 12.0. The van der Waals surface area contributed by atoms with Crippen LogP contribution in [0.4, 0.5) is 0 Å². The van der Waals surface area contributed by atoms with E-state index in [0.29, 0.717) is 31.5 Å². The molecule has 0 spiro atoms. The van der Waals surface area contributed by atoms with E-state index < -0.39 is 5.97 Å². The zero-order chi connectivity index (χ0) is 14.1. The number of rotatable bonds is 10. The maximum Gasteiger partial charge on any atom is 0.313 e. The van der Waals surface area contributed by atoms with Gasteiger partial charge >= 0.3 is 5.97 Å². The van der Waals surface area contributed by atoms with Crippen LogP contribution in [0.25, 0.3) is 0 Å². The average molecular weight is 289 g/mol. The van der Waals surface area contributed by atoms with Crippen LogP contribution in [0.3, 0.4) is 0 Å². The largest absolute Gasteiger partial charge is 0.481 e. The highest BCUT2D eigenvalue weighted by molar-refractivity contribution is 7.99. The van der Waals surface area contributed by atoms with Crippen LogP contribution in [0.15, 0.2) is 5.16 Å². The number of ether oxygens (including phenoxy) is 2. The van der Waals surface area contributed by atoms with Crippen LogP contribution in [0.5, 0.6) is 0 Å². The molecule has 8 heteroatoms. The summed E-state index contributed by atoms with van der Waals surface area (Å²) in [5.74, 6) is -0.0902. The first kappa shape index (κ1) is 15.9. The van der Waals surface area contributed by atoms with E-state index in [1.165, 1.54) is 11.8 Å². The van der Waals surface area contributed by atoms with Crippen LogP contribution < -0.4 is 0 Å². The SMILES string of the molecule is COCCOCCCn1c(C)nnc1SCC(=O)O. The van der Waals surface area contributed by atoms with Gasteiger partial charge in [0.05, 0.1) is 19.0 Å². The second-order valence-corrected chi connectivity index (χ2v) is 4.77. The molecule has 1 aromatic heterocycles. The normalized spacial score (nSPS) is 10.8. The van der Waals surface area contributed by atoms with Crippen molar-refractivity contribution in [1.29, 1.82) is 0 Å². The third-order valence-electron chi connectivity index (χ3n) is 2.33. The van der Waals surface area contributed by atoms with Gasteiger partial charge in [-0.3, -0.25) is 4.79 Å². The fourth-order valence-electron chi connectivity index (χ4n) is 1.42. The van der Waals surface area contributed by atoms with Crippen molar-refractivity contribution in [1.82, 2.24) is 14.8 Å². The highest BCUT2D eigenvalue weighted by Crippen LogP contribution is 2.16. The van der Waals surface area contributed by atoms with E-state index in [1.54, 1.807) is 7.11 Å². The Morgan fingerprint density at radius 3 is 2.84 bits per heavy atom. The number of carboxylic acids is 1. The lowest BCUT2D eigenvalue weighted by Gasteiger charge is -2.08. The lowest BCUT2D eigenvalue weighted by Crippen LogP contribution is -2.09. The predicted octanol–water partition coefficient (Wildman–Crippen LogP) is 0.816. The highest BCUT2D eigenvalue weighted by Gasteiger charge is 2.10. The van der Waals surface area contributed by atoms with Crippen molar-refractivity contribution in [3.8, 4) is 0 Å². The van der Waals surface area contributed by atoms with Crippen LogP contribution in [-0.2, 0) is 20.8 Å². The number of carboxylic acid groups (broad SMARTS) is 1. The van der Waals surface area contributed by atoms with Crippen LogP contribution in [0.1, 0.15) is 12.2 Å². The Bertz CT molecular complexity index is 397. The summed E-state index contributed by atoms with van der Waals surface area (Å²) >= 11 is 1.18. The molecule has 0 fully saturated rings. The Labute approximate surface area is 116 Å². The maximum absolute atomic E-state index is 10.5. The summed E-state index contributed by atoms with van der Waals surface area (Å²) in [6, 6.07) is 0. The van der Waals surface area contributed by atoms with E-state index in [-0.39, 0.29) is 5.75 Å². The minimum Gasteiger partial charge on any atom is -0.481 e. The average Bonchev–Trinajstić information content (AvgIpc) is 2.72. The maximum atomic E-state index is 10.5. The van der Waals surface area contributed by atoms with E-state index in [0.717, 1.165) is 12.2 Å². The number of hydrogen-bond donors (Lipinski definition) is 1. The van der Waals surface area contributed by atoms with Crippen molar-refractivity contribution < 1.29 is 19.4 Å². The number of aliphatic carboxylic acids is 1. The third-order valence-corrected chi connectivity index (χ3v) is 3.28. The molecule has 0 saturated heterocycles. The highest BCUT2D eigenvalue weighted by atomic mass is 32.2. The fourth-order valence-corrected chi connectivity index (χ4v) is 2.15. The van der Waals surface area contributed by atoms with E-state index in [2.05, 4.69) is 10.2 Å². The predicted molar refractivity (Wildman–Crippen MR) is 70.4 cm³/mol. The van der Waals surface area contributed by atoms with Crippen LogP contribution in [0, 0.1) is 6.92 Å². The molecule has 0 aromatic carbocycles. The molecule has 0 radical (unpaired) electrons. The monoisotopic (exact) mass is 289 g/mol. The van der Waals surface area contributed by atoms with Gasteiger partial charge in [0.2, 0.25) is 0 Å². The molecule has 0 bridgehead atoms. The summed E-state index contributed by atoms with van der Waals surface area (Å²) in [5.41, 5.74) is 0.